The van der Waals surface area contributed by atoms with Gasteiger partial charge in [0.25, 0.3) is 0 Å². The first-order chi connectivity index (χ1) is 19.7. The number of ether oxygens (including phenoxy) is 4. The molecule has 0 radical (unpaired) electrons. The molecule has 10 nitrogen and oxygen atoms in total. The minimum absolute atomic E-state index is 0.0140. The van der Waals surface area contributed by atoms with Crippen molar-refractivity contribution in [3.05, 3.63) is 97.1 Å². The second-order valence-corrected chi connectivity index (χ2v) is 12.5. The van der Waals surface area contributed by atoms with Gasteiger partial charge in [0, 0.05) is 0 Å². The molecule has 2 N–H and O–H groups in total. The molecule has 0 spiro atoms. The topological polar surface area (TPSA) is 146 Å². The van der Waals surface area contributed by atoms with Crippen molar-refractivity contribution < 1.29 is 46.0 Å². The van der Waals surface area contributed by atoms with Crippen LogP contribution in [0.1, 0.15) is 0 Å². The smallest absolute Gasteiger partial charge is 0.206 e. The van der Waals surface area contributed by atoms with E-state index in [4.69, 9.17) is 18.9 Å². The summed E-state index contributed by atoms with van der Waals surface area (Å²) in [6.45, 7) is 0.948. The van der Waals surface area contributed by atoms with Gasteiger partial charge in [0.05, 0.1) is 32.8 Å². The van der Waals surface area contributed by atoms with Crippen LogP contribution in [0.15, 0.2) is 117 Å². The molecule has 4 rings (SSSR count). The summed E-state index contributed by atoms with van der Waals surface area (Å²) in [4.78, 5) is 0.381. The summed E-state index contributed by atoms with van der Waals surface area (Å²) in [5, 5.41) is 18.7. The Morgan fingerprint density at radius 1 is 0.439 bits per heavy atom. The van der Waals surface area contributed by atoms with Crippen LogP contribution in [0.4, 0.5) is 0 Å². The summed E-state index contributed by atoms with van der Waals surface area (Å²) in [6, 6.07) is 22.6. The maximum Gasteiger partial charge on any atom is 0.206 e. The average Bonchev–Trinajstić information content (AvgIpc) is 2.97. The van der Waals surface area contributed by atoms with Gasteiger partial charge in [0.1, 0.15) is 43.0 Å². The maximum absolute atomic E-state index is 12.7. The van der Waals surface area contributed by atoms with Crippen LogP contribution in [0.3, 0.4) is 0 Å². The van der Waals surface area contributed by atoms with Crippen molar-refractivity contribution in [2.45, 2.75) is 19.6 Å². The number of phenols is 2. The van der Waals surface area contributed by atoms with Gasteiger partial charge in [0.15, 0.2) is 0 Å². The second-order valence-electron chi connectivity index (χ2n) is 8.57. The van der Waals surface area contributed by atoms with Gasteiger partial charge >= 0.3 is 0 Å². The van der Waals surface area contributed by atoms with Crippen molar-refractivity contribution in [2.24, 2.45) is 0 Å². The molecular formula is C29H28O10S2. The van der Waals surface area contributed by atoms with Crippen LogP contribution in [-0.2, 0) is 29.1 Å². The van der Waals surface area contributed by atoms with E-state index < -0.39 is 19.7 Å². The van der Waals surface area contributed by atoms with Crippen LogP contribution in [0.25, 0.3) is 0 Å². The number of rotatable bonds is 14. The molecule has 41 heavy (non-hydrogen) atoms. The summed E-state index contributed by atoms with van der Waals surface area (Å²) in [5.41, 5.74) is 0. The molecule has 0 unspecified atom stereocenters. The van der Waals surface area contributed by atoms with Crippen molar-refractivity contribution in [1.29, 1.82) is 0 Å². The van der Waals surface area contributed by atoms with E-state index in [1.807, 2.05) is 0 Å². The molecule has 0 aromatic heterocycles. The highest BCUT2D eigenvalue weighted by molar-refractivity contribution is 7.91. The third kappa shape index (κ3) is 7.98. The zero-order valence-electron chi connectivity index (χ0n) is 21.8. The van der Waals surface area contributed by atoms with Gasteiger partial charge < -0.3 is 29.2 Å². The fourth-order valence-corrected chi connectivity index (χ4v) is 6.09. The largest absolute Gasteiger partial charge is 0.508 e. The van der Waals surface area contributed by atoms with E-state index in [2.05, 4.69) is 0 Å². The molecule has 0 amide bonds. The maximum atomic E-state index is 12.7. The van der Waals surface area contributed by atoms with Crippen LogP contribution >= 0.6 is 0 Å². The second kappa shape index (κ2) is 13.5. The lowest BCUT2D eigenvalue weighted by Crippen LogP contribution is -2.12. The van der Waals surface area contributed by atoms with Crippen LogP contribution in [0.5, 0.6) is 23.0 Å². The van der Waals surface area contributed by atoms with Gasteiger partial charge in [-0.25, -0.2) is 16.8 Å². The summed E-state index contributed by atoms with van der Waals surface area (Å²) >= 11 is 0. The Kier molecular flexibility index (Phi) is 9.84. The molecular weight excluding hydrogens is 572 g/mol. The van der Waals surface area contributed by atoms with Crippen molar-refractivity contribution >= 4 is 19.7 Å². The number of hydrogen-bond acceptors (Lipinski definition) is 10. The van der Waals surface area contributed by atoms with Crippen LogP contribution < -0.4 is 9.47 Å². The SMILES string of the molecule is O=S(=O)(c1ccc(O)cc1)c1ccc(OCCOCOCCOc2ccc(S(=O)(=O)c3ccc(O)cc3)cc2)cc1. The number of aromatic hydroxyl groups is 2. The summed E-state index contributed by atoms with van der Waals surface area (Å²) in [5.74, 6) is 0.934. The fourth-order valence-electron chi connectivity index (χ4n) is 3.57. The minimum atomic E-state index is -3.70. The average molecular weight is 601 g/mol. The third-order valence-corrected chi connectivity index (χ3v) is 9.29. The molecule has 216 valence electrons. The van der Waals surface area contributed by atoms with E-state index in [0.29, 0.717) is 11.5 Å². The van der Waals surface area contributed by atoms with Crippen LogP contribution in [0.2, 0.25) is 0 Å². The predicted molar refractivity (Wildman–Crippen MR) is 148 cm³/mol. The third-order valence-electron chi connectivity index (χ3n) is 5.72. The van der Waals surface area contributed by atoms with Gasteiger partial charge in [-0.15, -0.1) is 0 Å². The van der Waals surface area contributed by atoms with Crippen molar-refractivity contribution in [3.63, 3.8) is 0 Å². The molecule has 0 aliphatic rings. The number of sulfone groups is 2. The molecule has 12 heteroatoms. The Labute approximate surface area is 238 Å². The fraction of sp³-hybridized carbons (Fsp3) is 0.172. The van der Waals surface area contributed by atoms with Crippen LogP contribution in [-0.4, -0.2) is 60.3 Å². The Morgan fingerprint density at radius 3 is 1.05 bits per heavy atom. The zero-order valence-corrected chi connectivity index (χ0v) is 23.4. The van der Waals surface area contributed by atoms with Crippen LogP contribution in [0, 0.1) is 0 Å². The summed E-state index contributed by atoms with van der Waals surface area (Å²) in [7, 11) is -7.40. The first-order valence-electron chi connectivity index (χ1n) is 12.4. The van der Waals surface area contributed by atoms with E-state index >= 15 is 0 Å². The molecule has 0 atom stereocenters. The van der Waals surface area contributed by atoms with Gasteiger partial charge in [-0.05, 0) is 97.1 Å². The minimum Gasteiger partial charge on any atom is -0.508 e. The standard InChI is InChI=1S/C29H28O10S2/c30-22-1-9-26(10-2-22)40(32,33)28-13-5-24(6-14-28)38-19-17-36-21-37-18-20-39-25-7-15-29(16-8-25)41(34,35)27-11-3-23(31)4-12-27/h1-16,30-31H,17-21H2. The summed E-state index contributed by atoms with van der Waals surface area (Å²) < 4.78 is 72.5. The van der Waals surface area contributed by atoms with Crippen molar-refractivity contribution in [3.8, 4) is 23.0 Å². The van der Waals surface area contributed by atoms with Gasteiger partial charge in [-0.2, -0.15) is 0 Å². The van der Waals surface area contributed by atoms with E-state index in [0.717, 1.165) is 0 Å². The normalized spacial score (nSPS) is 11.7. The predicted octanol–water partition coefficient (Wildman–Crippen LogP) is 4.21. The first-order valence-corrected chi connectivity index (χ1v) is 15.3. The molecule has 0 bridgehead atoms. The Balaban J connectivity index is 1.10. The Hall–Kier alpha value is -4.10. The van der Waals surface area contributed by atoms with Crippen molar-refractivity contribution in [1.82, 2.24) is 0 Å². The molecule has 0 saturated carbocycles. The lowest BCUT2D eigenvalue weighted by atomic mass is 10.3. The van der Waals surface area contributed by atoms with Gasteiger partial charge in [-0.1, -0.05) is 0 Å². The van der Waals surface area contributed by atoms with E-state index in [1.54, 1.807) is 24.3 Å². The Bertz CT molecular complexity index is 1490. The quantitative estimate of drug-likeness (QED) is 0.159. The monoisotopic (exact) mass is 600 g/mol. The lowest BCUT2D eigenvalue weighted by molar-refractivity contribution is -0.0662. The van der Waals surface area contributed by atoms with Crippen molar-refractivity contribution in [2.75, 3.05) is 33.2 Å². The number of hydrogen-bond donors (Lipinski definition) is 2. The molecule has 4 aromatic rings. The van der Waals surface area contributed by atoms with E-state index in [1.165, 1.54) is 72.8 Å². The molecule has 0 aliphatic heterocycles. The molecule has 4 aromatic carbocycles. The van der Waals surface area contributed by atoms with Gasteiger partial charge in [-0.3, -0.25) is 0 Å². The number of benzene rings is 4. The highest BCUT2D eigenvalue weighted by Crippen LogP contribution is 2.26. The Morgan fingerprint density at radius 2 is 0.732 bits per heavy atom. The van der Waals surface area contributed by atoms with E-state index in [-0.39, 0.29) is 64.3 Å². The molecule has 0 aliphatic carbocycles. The number of phenolic OH excluding ortho intramolecular Hbond substituents is 2. The van der Waals surface area contributed by atoms with Gasteiger partial charge in [0.2, 0.25) is 19.7 Å². The van der Waals surface area contributed by atoms with E-state index in [9.17, 15) is 27.0 Å². The molecule has 0 heterocycles. The zero-order chi connectivity index (χ0) is 29.3. The lowest BCUT2D eigenvalue weighted by Gasteiger charge is -2.10. The summed E-state index contributed by atoms with van der Waals surface area (Å²) in [6.07, 6.45) is 0. The highest BCUT2D eigenvalue weighted by Gasteiger charge is 2.18. The molecule has 0 saturated heterocycles. The first kappa shape index (κ1) is 29.9. The molecule has 0 fully saturated rings. The highest BCUT2D eigenvalue weighted by atomic mass is 32.2.